The Bertz CT molecular complexity index is 515. The number of esters is 1. The van der Waals surface area contributed by atoms with Gasteiger partial charge in [-0.05, 0) is 47.8 Å². The molecule has 1 aromatic rings. The molecule has 0 bridgehead atoms. The summed E-state index contributed by atoms with van der Waals surface area (Å²) in [6, 6.07) is 8.63. The number of methoxy groups -OCH3 is 1. The number of hydrogen-bond donors (Lipinski definition) is 0. The molecule has 0 saturated heterocycles. The second-order valence-electron chi connectivity index (χ2n) is 6.48. The fourth-order valence-electron chi connectivity index (χ4n) is 2.74. The Morgan fingerprint density at radius 2 is 1.65 bits per heavy atom. The van der Waals surface area contributed by atoms with Crippen LogP contribution in [0.1, 0.15) is 57.6 Å². The van der Waals surface area contributed by atoms with E-state index in [1.807, 2.05) is 0 Å². The van der Waals surface area contributed by atoms with Gasteiger partial charge in [0.2, 0.25) is 0 Å². The molecule has 0 heterocycles. The average molecular weight is 272 g/mol. The molecule has 0 radical (unpaired) electrons. The summed E-state index contributed by atoms with van der Waals surface area (Å²) < 4.78 is 4.92. The predicted molar refractivity (Wildman–Crippen MR) is 82.5 cm³/mol. The number of benzene rings is 1. The van der Waals surface area contributed by atoms with Gasteiger partial charge in [0, 0.05) is 5.57 Å². The lowest BCUT2D eigenvalue weighted by molar-refractivity contribution is -0.136. The zero-order valence-electron chi connectivity index (χ0n) is 13.0. The van der Waals surface area contributed by atoms with Gasteiger partial charge in [0.15, 0.2) is 0 Å². The molecule has 0 aliphatic heterocycles. The third kappa shape index (κ3) is 3.12. The van der Waals surface area contributed by atoms with Crippen LogP contribution in [0.25, 0.3) is 5.57 Å². The van der Waals surface area contributed by atoms with Crippen molar-refractivity contribution < 1.29 is 9.53 Å². The summed E-state index contributed by atoms with van der Waals surface area (Å²) in [7, 11) is 1.46. The van der Waals surface area contributed by atoms with Crippen molar-refractivity contribution >= 4 is 11.5 Å². The van der Waals surface area contributed by atoms with Crippen LogP contribution in [0.3, 0.4) is 0 Å². The molecule has 0 spiro atoms. The minimum atomic E-state index is -0.167. The van der Waals surface area contributed by atoms with E-state index in [1.54, 1.807) is 0 Å². The summed E-state index contributed by atoms with van der Waals surface area (Å²) in [4.78, 5) is 11.9. The first-order valence-corrected chi connectivity index (χ1v) is 7.34. The van der Waals surface area contributed by atoms with Crippen LogP contribution in [0.4, 0.5) is 0 Å². The van der Waals surface area contributed by atoms with Crippen LogP contribution >= 0.6 is 0 Å². The summed E-state index contributed by atoms with van der Waals surface area (Å²) >= 11 is 0. The Kier molecular flexibility index (Phi) is 4.32. The van der Waals surface area contributed by atoms with Crippen LogP contribution in [0.2, 0.25) is 0 Å². The number of hydrogen-bond acceptors (Lipinski definition) is 2. The molecule has 0 atom stereocenters. The lowest BCUT2D eigenvalue weighted by atomic mass is 9.83. The molecule has 2 heteroatoms. The van der Waals surface area contributed by atoms with Gasteiger partial charge in [-0.3, -0.25) is 0 Å². The van der Waals surface area contributed by atoms with Gasteiger partial charge < -0.3 is 4.74 Å². The van der Waals surface area contributed by atoms with E-state index in [0.717, 1.165) is 36.8 Å². The Labute approximate surface area is 121 Å². The molecule has 1 aliphatic rings. The summed E-state index contributed by atoms with van der Waals surface area (Å²) in [6.07, 6.45) is 4.03. The van der Waals surface area contributed by atoms with E-state index in [4.69, 9.17) is 4.74 Å². The molecule has 0 aromatic heterocycles. The van der Waals surface area contributed by atoms with Crippen LogP contribution in [0.5, 0.6) is 0 Å². The van der Waals surface area contributed by atoms with Crippen molar-refractivity contribution in [3.05, 3.63) is 41.0 Å². The molecule has 20 heavy (non-hydrogen) atoms. The molecule has 0 saturated carbocycles. The fourth-order valence-corrected chi connectivity index (χ4v) is 2.74. The smallest absolute Gasteiger partial charge is 0.334 e. The van der Waals surface area contributed by atoms with Crippen molar-refractivity contribution in [2.75, 3.05) is 7.11 Å². The summed E-state index contributed by atoms with van der Waals surface area (Å²) in [5, 5.41) is 0. The number of rotatable bonds is 2. The van der Waals surface area contributed by atoms with Gasteiger partial charge in [-0.15, -0.1) is 0 Å². The van der Waals surface area contributed by atoms with E-state index < -0.39 is 0 Å². The highest BCUT2D eigenvalue weighted by Gasteiger charge is 2.21. The lowest BCUT2D eigenvalue weighted by Crippen LogP contribution is -2.12. The number of ether oxygens (including phenoxy) is 1. The van der Waals surface area contributed by atoms with Crippen molar-refractivity contribution in [3.8, 4) is 0 Å². The maximum Gasteiger partial charge on any atom is 0.334 e. The van der Waals surface area contributed by atoms with Gasteiger partial charge in [0.25, 0.3) is 0 Å². The second kappa shape index (κ2) is 5.82. The van der Waals surface area contributed by atoms with Gasteiger partial charge in [0.05, 0.1) is 7.11 Å². The standard InChI is InChI=1S/C18H24O2/c1-18(2,3)14-11-9-13(10-12-14)15-7-5-6-8-16(15)17(19)20-4/h9-12H,5-8H2,1-4H3. The quantitative estimate of drug-likeness (QED) is 0.742. The molecule has 1 aromatic carbocycles. The SMILES string of the molecule is COC(=O)C1=C(c2ccc(C(C)(C)C)cc2)CCCC1. The minimum Gasteiger partial charge on any atom is -0.466 e. The molecule has 1 aliphatic carbocycles. The average Bonchev–Trinajstić information content (AvgIpc) is 2.45. The molecule has 0 unspecified atom stereocenters. The van der Waals surface area contributed by atoms with Crippen LogP contribution in [0.15, 0.2) is 29.8 Å². The topological polar surface area (TPSA) is 26.3 Å². The third-order valence-corrected chi connectivity index (χ3v) is 4.00. The lowest BCUT2D eigenvalue weighted by Gasteiger charge is -2.22. The Balaban J connectivity index is 2.38. The van der Waals surface area contributed by atoms with Crippen LogP contribution < -0.4 is 0 Å². The molecular formula is C18H24O2. The minimum absolute atomic E-state index is 0.157. The molecule has 0 fully saturated rings. The maximum atomic E-state index is 11.9. The second-order valence-corrected chi connectivity index (χ2v) is 6.48. The highest BCUT2D eigenvalue weighted by Crippen LogP contribution is 2.34. The molecule has 108 valence electrons. The van der Waals surface area contributed by atoms with Crippen molar-refractivity contribution in [2.24, 2.45) is 0 Å². The highest BCUT2D eigenvalue weighted by molar-refractivity contribution is 5.98. The Morgan fingerprint density at radius 3 is 2.20 bits per heavy atom. The van der Waals surface area contributed by atoms with Crippen molar-refractivity contribution in [2.45, 2.75) is 51.9 Å². The van der Waals surface area contributed by atoms with Crippen LogP contribution in [-0.4, -0.2) is 13.1 Å². The molecule has 2 nitrogen and oxygen atoms in total. The van der Waals surface area contributed by atoms with Crippen molar-refractivity contribution in [1.82, 2.24) is 0 Å². The summed E-state index contributed by atoms with van der Waals surface area (Å²) in [6.45, 7) is 6.63. The van der Waals surface area contributed by atoms with Crippen LogP contribution in [0, 0.1) is 0 Å². The molecule has 2 rings (SSSR count). The zero-order chi connectivity index (χ0) is 14.8. The predicted octanol–water partition coefficient (Wildman–Crippen LogP) is 4.48. The monoisotopic (exact) mass is 272 g/mol. The highest BCUT2D eigenvalue weighted by atomic mass is 16.5. The van der Waals surface area contributed by atoms with E-state index in [0.29, 0.717) is 0 Å². The van der Waals surface area contributed by atoms with Gasteiger partial charge in [-0.1, -0.05) is 45.0 Å². The Hall–Kier alpha value is -1.57. The van der Waals surface area contributed by atoms with E-state index in [-0.39, 0.29) is 11.4 Å². The number of allylic oxidation sites excluding steroid dienone is 1. The van der Waals surface area contributed by atoms with Crippen molar-refractivity contribution in [3.63, 3.8) is 0 Å². The van der Waals surface area contributed by atoms with Crippen molar-refractivity contribution in [1.29, 1.82) is 0 Å². The molecular weight excluding hydrogens is 248 g/mol. The van der Waals surface area contributed by atoms with E-state index in [9.17, 15) is 4.79 Å². The van der Waals surface area contributed by atoms with E-state index in [1.165, 1.54) is 18.2 Å². The first kappa shape index (κ1) is 14.8. The van der Waals surface area contributed by atoms with Gasteiger partial charge in [-0.2, -0.15) is 0 Å². The van der Waals surface area contributed by atoms with Gasteiger partial charge >= 0.3 is 5.97 Å². The van der Waals surface area contributed by atoms with Crippen LogP contribution in [-0.2, 0) is 14.9 Å². The summed E-state index contributed by atoms with van der Waals surface area (Å²) in [5.41, 5.74) is 4.67. The molecule has 0 amide bonds. The summed E-state index contributed by atoms with van der Waals surface area (Å²) in [5.74, 6) is -0.167. The maximum absolute atomic E-state index is 11.9. The third-order valence-electron chi connectivity index (χ3n) is 4.00. The number of carbonyl (C=O) groups is 1. The first-order valence-electron chi connectivity index (χ1n) is 7.34. The molecule has 0 N–H and O–H groups in total. The number of carbonyl (C=O) groups excluding carboxylic acids is 1. The Morgan fingerprint density at radius 1 is 1.05 bits per heavy atom. The van der Waals surface area contributed by atoms with E-state index in [2.05, 4.69) is 45.0 Å². The fraction of sp³-hybridized carbons (Fsp3) is 0.500. The zero-order valence-corrected chi connectivity index (χ0v) is 13.0. The first-order chi connectivity index (χ1) is 9.43. The van der Waals surface area contributed by atoms with Gasteiger partial charge in [-0.25, -0.2) is 4.79 Å². The largest absolute Gasteiger partial charge is 0.466 e. The van der Waals surface area contributed by atoms with Gasteiger partial charge in [0.1, 0.15) is 0 Å². The van der Waals surface area contributed by atoms with E-state index >= 15 is 0 Å². The normalized spacial score (nSPS) is 16.2.